The zero-order valence-corrected chi connectivity index (χ0v) is 12.7. The number of amides is 1. The van der Waals surface area contributed by atoms with Gasteiger partial charge in [0.15, 0.2) is 0 Å². The smallest absolute Gasteiger partial charge is 0.223 e. The summed E-state index contributed by atoms with van der Waals surface area (Å²) >= 11 is 0. The number of ether oxygens (including phenoxy) is 1. The van der Waals surface area contributed by atoms with Gasteiger partial charge in [0.1, 0.15) is 17.5 Å². The largest absolute Gasteiger partial charge is 0.484 e. The third-order valence-corrected chi connectivity index (χ3v) is 5.03. The molecular weight excluding hydrogens is 266 g/mol. The van der Waals surface area contributed by atoms with Gasteiger partial charge in [-0.15, -0.1) is 0 Å². The molecule has 0 saturated carbocycles. The van der Waals surface area contributed by atoms with Gasteiger partial charge in [-0.05, 0) is 25.3 Å². The summed E-state index contributed by atoms with van der Waals surface area (Å²) < 4.78 is 6.17. The Balaban J connectivity index is 2.09. The molecule has 0 unspecified atom stereocenters. The molecule has 0 aromatic heterocycles. The van der Waals surface area contributed by atoms with Crippen molar-refractivity contribution in [2.24, 2.45) is 0 Å². The summed E-state index contributed by atoms with van der Waals surface area (Å²) in [7, 11) is 0. The van der Waals surface area contributed by atoms with Gasteiger partial charge in [-0.25, -0.2) is 0 Å². The van der Waals surface area contributed by atoms with Crippen molar-refractivity contribution in [3.05, 3.63) is 29.8 Å². The van der Waals surface area contributed by atoms with E-state index in [0.29, 0.717) is 6.42 Å². The van der Waals surface area contributed by atoms with Gasteiger partial charge in [-0.1, -0.05) is 32.0 Å². The van der Waals surface area contributed by atoms with Crippen molar-refractivity contribution in [2.75, 3.05) is 6.54 Å². The molecule has 2 aliphatic rings. The second-order valence-electron chi connectivity index (χ2n) is 5.99. The molecular formula is C17H23NO3. The van der Waals surface area contributed by atoms with Crippen molar-refractivity contribution in [1.29, 1.82) is 0 Å². The van der Waals surface area contributed by atoms with E-state index in [2.05, 4.69) is 0 Å². The topological polar surface area (TPSA) is 49.8 Å². The average molecular weight is 289 g/mol. The first-order valence-electron chi connectivity index (χ1n) is 7.88. The van der Waals surface area contributed by atoms with Gasteiger partial charge in [0.25, 0.3) is 0 Å². The molecule has 2 aliphatic heterocycles. The maximum Gasteiger partial charge on any atom is 0.223 e. The second kappa shape index (κ2) is 5.34. The monoisotopic (exact) mass is 289 g/mol. The summed E-state index contributed by atoms with van der Waals surface area (Å²) in [4.78, 5) is 14.0. The van der Waals surface area contributed by atoms with Crippen LogP contribution >= 0.6 is 0 Å². The normalized spacial score (nSPS) is 27.4. The number of rotatable bonds is 3. The van der Waals surface area contributed by atoms with Crippen LogP contribution in [0.25, 0.3) is 0 Å². The zero-order valence-electron chi connectivity index (χ0n) is 12.7. The number of aliphatic hydroxyl groups is 1. The molecule has 1 N–H and O–H groups in total. The van der Waals surface area contributed by atoms with E-state index in [4.69, 9.17) is 4.74 Å². The molecule has 4 heteroatoms. The SMILES string of the molecule is CCC1(CC)Oc2ccccc2[C@@H](N2CCCC2=O)[C@@H]1O. The fraction of sp³-hybridized carbons (Fsp3) is 0.588. The summed E-state index contributed by atoms with van der Waals surface area (Å²) in [6.07, 6.45) is 2.20. The lowest BCUT2D eigenvalue weighted by molar-refractivity contribution is -0.144. The predicted octanol–water partition coefficient (Wildman–Crippen LogP) is 2.66. The Morgan fingerprint density at radius 2 is 2.05 bits per heavy atom. The molecule has 1 amide bonds. The van der Waals surface area contributed by atoms with Gasteiger partial charge < -0.3 is 14.7 Å². The minimum absolute atomic E-state index is 0.136. The van der Waals surface area contributed by atoms with Crippen LogP contribution in [0.2, 0.25) is 0 Å². The molecule has 0 spiro atoms. The Hall–Kier alpha value is -1.55. The summed E-state index contributed by atoms with van der Waals surface area (Å²) in [6, 6.07) is 7.49. The zero-order chi connectivity index (χ0) is 15.0. The van der Waals surface area contributed by atoms with E-state index in [9.17, 15) is 9.90 Å². The van der Waals surface area contributed by atoms with Crippen molar-refractivity contribution in [2.45, 2.75) is 57.3 Å². The van der Waals surface area contributed by atoms with Crippen molar-refractivity contribution in [3.8, 4) is 5.75 Å². The lowest BCUT2D eigenvalue weighted by Gasteiger charge is -2.48. The van der Waals surface area contributed by atoms with Crippen molar-refractivity contribution < 1.29 is 14.6 Å². The number of hydrogen-bond acceptors (Lipinski definition) is 3. The van der Waals surface area contributed by atoms with Crippen LogP contribution in [0.3, 0.4) is 0 Å². The Morgan fingerprint density at radius 1 is 1.33 bits per heavy atom. The van der Waals surface area contributed by atoms with Crippen LogP contribution in [0.15, 0.2) is 24.3 Å². The fourth-order valence-corrected chi connectivity index (χ4v) is 3.67. The summed E-state index contributed by atoms with van der Waals surface area (Å²) in [6.45, 7) is 4.78. The highest BCUT2D eigenvalue weighted by atomic mass is 16.5. The third kappa shape index (κ3) is 2.13. The summed E-state index contributed by atoms with van der Waals surface area (Å²) in [5, 5.41) is 11.0. The number of likely N-dealkylation sites (tertiary alicyclic amines) is 1. The first-order valence-corrected chi connectivity index (χ1v) is 7.88. The highest BCUT2D eigenvalue weighted by Gasteiger charge is 2.50. The van der Waals surface area contributed by atoms with Gasteiger partial charge in [0.05, 0.1) is 6.04 Å². The maximum atomic E-state index is 12.2. The highest BCUT2D eigenvalue weighted by molar-refractivity contribution is 5.79. The van der Waals surface area contributed by atoms with E-state index < -0.39 is 11.7 Å². The van der Waals surface area contributed by atoms with E-state index in [-0.39, 0.29) is 11.9 Å². The molecule has 3 rings (SSSR count). The minimum atomic E-state index is -0.690. The van der Waals surface area contributed by atoms with Crippen LogP contribution in [0.1, 0.15) is 51.1 Å². The van der Waals surface area contributed by atoms with E-state index >= 15 is 0 Å². The summed E-state index contributed by atoms with van der Waals surface area (Å²) in [5.41, 5.74) is 0.319. The molecule has 114 valence electrons. The third-order valence-electron chi connectivity index (χ3n) is 5.03. The van der Waals surface area contributed by atoms with Crippen molar-refractivity contribution in [3.63, 3.8) is 0 Å². The molecule has 2 atom stereocenters. The van der Waals surface area contributed by atoms with Gasteiger partial charge in [0.2, 0.25) is 5.91 Å². The molecule has 4 nitrogen and oxygen atoms in total. The van der Waals surface area contributed by atoms with E-state index in [1.807, 2.05) is 43.0 Å². The molecule has 0 aliphatic carbocycles. The van der Waals surface area contributed by atoms with Crippen LogP contribution in [0, 0.1) is 0 Å². The molecule has 2 heterocycles. The molecule has 1 fully saturated rings. The Morgan fingerprint density at radius 3 is 2.67 bits per heavy atom. The van der Waals surface area contributed by atoms with E-state index in [1.165, 1.54) is 0 Å². The van der Waals surface area contributed by atoms with Gasteiger partial charge in [-0.2, -0.15) is 0 Å². The van der Waals surface area contributed by atoms with Gasteiger partial charge in [0, 0.05) is 18.5 Å². The molecule has 1 aromatic rings. The Labute approximate surface area is 125 Å². The van der Waals surface area contributed by atoms with Crippen LogP contribution in [-0.2, 0) is 4.79 Å². The fourth-order valence-electron chi connectivity index (χ4n) is 3.67. The summed E-state index contributed by atoms with van der Waals surface area (Å²) in [5.74, 6) is 0.938. The second-order valence-corrected chi connectivity index (χ2v) is 5.99. The average Bonchev–Trinajstić information content (AvgIpc) is 2.93. The minimum Gasteiger partial charge on any atom is -0.484 e. The van der Waals surface area contributed by atoms with Crippen molar-refractivity contribution >= 4 is 5.91 Å². The number of fused-ring (bicyclic) bond motifs is 1. The van der Waals surface area contributed by atoms with Gasteiger partial charge in [-0.3, -0.25) is 4.79 Å². The standard InChI is InChI=1S/C17H23NO3/c1-3-17(4-2)16(20)15(18-11-7-10-14(18)19)12-8-5-6-9-13(12)21-17/h5-6,8-9,15-16,20H,3-4,7,10-11H2,1-2H3/t15-,16+/m1/s1. The number of para-hydroxylation sites is 1. The molecule has 0 bridgehead atoms. The van der Waals surface area contributed by atoms with E-state index in [1.54, 1.807) is 0 Å². The van der Waals surface area contributed by atoms with Gasteiger partial charge >= 0.3 is 0 Å². The molecule has 1 saturated heterocycles. The van der Waals surface area contributed by atoms with Crippen LogP contribution in [0.5, 0.6) is 5.75 Å². The Bertz CT molecular complexity index is 539. The quantitative estimate of drug-likeness (QED) is 0.930. The first-order chi connectivity index (χ1) is 10.1. The number of benzene rings is 1. The van der Waals surface area contributed by atoms with Crippen LogP contribution < -0.4 is 4.74 Å². The highest BCUT2D eigenvalue weighted by Crippen LogP contribution is 2.46. The first kappa shape index (κ1) is 14.4. The molecule has 0 radical (unpaired) electrons. The number of aliphatic hydroxyl groups excluding tert-OH is 1. The maximum absolute atomic E-state index is 12.2. The predicted molar refractivity (Wildman–Crippen MR) is 80.1 cm³/mol. The number of carbonyl (C=O) groups is 1. The number of hydrogen-bond donors (Lipinski definition) is 1. The van der Waals surface area contributed by atoms with E-state index in [0.717, 1.165) is 37.1 Å². The van der Waals surface area contributed by atoms with Crippen LogP contribution in [-0.4, -0.2) is 34.2 Å². The lowest BCUT2D eigenvalue weighted by atomic mass is 9.80. The molecule has 1 aromatic carbocycles. The van der Waals surface area contributed by atoms with Crippen molar-refractivity contribution in [1.82, 2.24) is 4.90 Å². The number of nitrogens with zero attached hydrogens (tertiary/aromatic N) is 1. The molecule has 21 heavy (non-hydrogen) atoms. The number of carbonyl (C=O) groups excluding carboxylic acids is 1. The Kier molecular flexibility index (Phi) is 3.66. The lowest BCUT2D eigenvalue weighted by Crippen LogP contribution is -2.56. The van der Waals surface area contributed by atoms with Crippen LogP contribution in [0.4, 0.5) is 0 Å².